The molecule has 0 bridgehead atoms. The summed E-state index contributed by atoms with van der Waals surface area (Å²) in [6, 6.07) is 8.18. The molecule has 2 aromatic rings. The average Bonchev–Trinajstić information content (AvgIpc) is 2.29. The minimum Gasteiger partial charge on any atom is -0.383 e. The van der Waals surface area contributed by atoms with Crippen LogP contribution in [0.3, 0.4) is 0 Å². The van der Waals surface area contributed by atoms with Gasteiger partial charge in [-0.1, -0.05) is 31.2 Å². The first-order valence-electron chi connectivity index (χ1n) is 5.39. The van der Waals surface area contributed by atoms with Crippen molar-refractivity contribution < 1.29 is 0 Å². The van der Waals surface area contributed by atoms with Gasteiger partial charge in [-0.15, -0.1) is 0 Å². The van der Waals surface area contributed by atoms with Crippen molar-refractivity contribution in [3.05, 3.63) is 41.7 Å². The van der Waals surface area contributed by atoms with Crippen molar-refractivity contribution in [2.45, 2.75) is 20.3 Å². The molecule has 1 aromatic heterocycles. The van der Waals surface area contributed by atoms with E-state index in [0.29, 0.717) is 5.82 Å². The minimum atomic E-state index is 0.579. The zero-order valence-electron chi connectivity index (χ0n) is 9.57. The molecule has 0 amide bonds. The summed E-state index contributed by atoms with van der Waals surface area (Å²) in [5.74, 6) is 0.579. The number of anilines is 1. The summed E-state index contributed by atoms with van der Waals surface area (Å²) in [4.78, 5) is 8.38. The third-order valence-corrected chi connectivity index (χ3v) is 2.73. The Hall–Kier alpha value is -1.90. The monoisotopic (exact) mass is 213 g/mol. The molecule has 2 rings (SSSR count). The highest BCUT2D eigenvalue weighted by Gasteiger charge is 2.10. The Bertz CT molecular complexity index is 506. The maximum atomic E-state index is 5.87. The van der Waals surface area contributed by atoms with Crippen LogP contribution in [0.4, 0.5) is 5.82 Å². The standard InChI is InChI=1S/C13H15N3/c1-3-10-12(15-8-16-13(10)14)11-7-5-4-6-9(11)2/h4-8H,3H2,1-2H3,(H2,14,15,16). The Morgan fingerprint density at radius 3 is 2.62 bits per heavy atom. The van der Waals surface area contributed by atoms with Gasteiger partial charge in [0.15, 0.2) is 0 Å². The van der Waals surface area contributed by atoms with E-state index in [9.17, 15) is 0 Å². The van der Waals surface area contributed by atoms with E-state index in [1.54, 1.807) is 0 Å². The predicted octanol–water partition coefficient (Wildman–Crippen LogP) is 2.60. The van der Waals surface area contributed by atoms with Crippen molar-refractivity contribution in [3.8, 4) is 11.3 Å². The summed E-state index contributed by atoms with van der Waals surface area (Å²) in [5.41, 5.74) is 10.2. The van der Waals surface area contributed by atoms with E-state index in [4.69, 9.17) is 5.73 Å². The van der Waals surface area contributed by atoms with Gasteiger partial charge in [-0.3, -0.25) is 0 Å². The van der Waals surface area contributed by atoms with E-state index in [1.165, 1.54) is 11.9 Å². The number of hydrogen-bond donors (Lipinski definition) is 1. The molecule has 0 saturated carbocycles. The fraction of sp³-hybridized carbons (Fsp3) is 0.231. The molecule has 1 aromatic carbocycles. The lowest BCUT2D eigenvalue weighted by molar-refractivity contribution is 1.06. The Balaban J connectivity index is 2.65. The molecule has 0 fully saturated rings. The van der Waals surface area contributed by atoms with Crippen LogP contribution in [0.15, 0.2) is 30.6 Å². The summed E-state index contributed by atoms with van der Waals surface area (Å²) >= 11 is 0. The number of nitrogens with two attached hydrogens (primary N) is 1. The van der Waals surface area contributed by atoms with Gasteiger partial charge in [0.25, 0.3) is 0 Å². The van der Waals surface area contributed by atoms with Crippen LogP contribution in [0.1, 0.15) is 18.1 Å². The summed E-state index contributed by atoms with van der Waals surface area (Å²) in [6.07, 6.45) is 2.37. The van der Waals surface area contributed by atoms with E-state index < -0.39 is 0 Å². The number of aromatic nitrogens is 2. The van der Waals surface area contributed by atoms with Gasteiger partial charge in [0, 0.05) is 11.1 Å². The minimum absolute atomic E-state index is 0.579. The van der Waals surface area contributed by atoms with Gasteiger partial charge in [-0.05, 0) is 18.9 Å². The second-order valence-corrected chi connectivity index (χ2v) is 3.75. The maximum Gasteiger partial charge on any atom is 0.130 e. The van der Waals surface area contributed by atoms with Crippen LogP contribution >= 0.6 is 0 Å². The molecule has 0 aliphatic heterocycles. The van der Waals surface area contributed by atoms with Gasteiger partial charge in [0.05, 0.1) is 5.69 Å². The zero-order valence-corrected chi connectivity index (χ0v) is 9.57. The first-order valence-corrected chi connectivity index (χ1v) is 5.39. The van der Waals surface area contributed by atoms with Crippen molar-refractivity contribution in [1.82, 2.24) is 9.97 Å². The third kappa shape index (κ3) is 1.76. The highest BCUT2D eigenvalue weighted by atomic mass is 14.9. The number of benzene rings is 1. The van der Waals surface area contributed by atoms with Crippen LogP contribution in [0.5, 0.6) is 0 Å². The Morgan fingerprint density at radius 1 is 1.19 bits per heavy atom. The van der Waals surface area contributed by atoms with Crippen molar-refractivity contribution >= 4 is 5.82 Å². The fourth-order valence-electron chi connectivity index (χ4n) is 1.85. The SMILES string of the molecule is CCc1c(N)ncnc1-c1ccccc1C. The second kappa shape index (κ2) is 4.31. The molecule has 16 heavy (non-hydrogen) atoms. The summed E-state index contributed by atoms with van der Waals surface area (Å²) in [7, 11) is 0. The van der Waals surface area contributed by atoms with Gasteiger partial charge in [-0.2, -0.15) is 0 Å². The van der Waals surface area contributed by atoms with E-state index in [-0.39, 0.29) is 0 Å². The van der Waals surface area contributed by atoms with E-state index in [0.717, 1.165) is 23.2 Å². The molecule has 0 radical (unpaired) electrons. The molecule has 0 unspecified atom stereocenters. The van der Waals surface area contributed by atoms with Gasteiger partial charge >= 0.3 is 0 Å². The number of rotatable bonds is 2. The van der Waals surface area contributed by atoms with E-state index >= 15 is 0 Å². The van der Waals surface area contributed by atoms with Gasteiger partial charge in [-0.25, -0.2) is 9.97 Å². The van der Waals surface area contributed by atoms with Gasteiger partial charge < -0.3 is 5.73 Å². The molecule has 2 N–H and O–H groups in total. The molecule has 0 saturated heterocycles. The zero-order chi connectivity index (χ0) is 11.5. The molecule has 0 spiro atoms. The Morgan fingerprint density at radius 2 is 1.94 bits per heavy atom. The van der Waals surface area contributed by atoms with E-state index in [1.807, 2.05) is 12.1 Å². The first-order chi connectivity index (χ1) is 7.74. The Kier molecular flexibility index (Phi) is 2.86. The number of nitrogen functional groups attached to an aromatic ring is 1. The molecular formula is C13H15N3. The second-order valence-electron chi connectivity index (χ2n) is 3.75. The van der Waals surface area contributed by atoms with Crippen LogP contribution in [-0.4, -0.2) is 9.97 Å². The predicted molar refractivity (Wildman–Crippen MR) is 66.0 cm³/mol. The average molecular weight is 213 g/mol. The lowest BCUT2D eigenvalue weighted by atomic mass is 10.0. The lowest BCUT2D eigenvalue weighted by Crippen LogP contribution is -2.02. The van der Waals surface area contributed by atoms with E-state index in [2.05, 4.69) is 35.9 Å². The Labute approximate surface area is 95.4 Å². The largest absolute Gasteiger partial charge is 0.383 e. The van der Waals surface area contributed by atoms with Gasteiger partial charge in [0.1, 0.15) is 12.1 Å². The van der Waals surface area contributed by atoms with Gasteiger partial charge in [0.2, 0.25) is 0 Å². The molecular weight excluding hydrogens is 198 g/mol. The highest BCUT2D eigenvalue weighted by molar-refractivity contribution is 5.70. The van der Waals surface area contributed by atoms with Crippen molar-refractivity contribution in [1.29, 1.82) is 0 Å². The van der Waals surface area contributed by atoms with Crippen molar-refractivity contribution in [2.24, 2.45) is 0 Å². The van der Waals surface area contributed by atoms with Crippen LogP contribution < -0.4 is 5.73 Å². The van der Waals surface area contributed by atoms with Crippen LogP contribution in [0.2, 0.25) is 0 Å². The molecule has 0 aliphatic carbocycles. The highest BCUT2D eigenvalue weighted by Crippen LogP contribution is 2.26. The molecule has 3 nitrogen and oxygen atoms in total. The van der Waals surface area contributed by atoms with Crippen LogP contribution in [0, 0.1) is 6.92 Å². The number of nitrogens with zero attached hydrogens (tertiary/aromatic N) is 2. The topological polar surface area (TPSA) is 51.8 Å². The smallest absolute Gasteiger partial charge is 0.130 e. The van der Waals surface area contributed by atoms with Crippen LogP contribution in [-0.2, 0) is 6.42 Å². The van der Waals surface area contributed by atoms with Crippen molar-refractivity contribution in [3.63, 3.8) is 0 Å². The first kappa shape index (κ1) is 10.6. The number of hydrogen-bond acceptors (Lipinski definition) is 3. The molecule has 82 valence electrons. The maximum absolute atomic E-state index is 5.87. The fourth-order valence-corrected chi connectivity index (χ4v) is 1.85. The van der Waals surface area contributed by atoms with Crippen LogP contribution in [0.25, 0.3) is 11.3 Å². The molecule has 3 heteroatoms. The normalized spacial score (nSPS) is 10.4. The third-order valence-electron chi connectivity index (χ3n) is 2.73. The summed E-state index contributed by atoms with van der Waals surface area (Å²) < 4.78 is 0. The molecule has 0 atom stereocenters. The summed E-state index contributed by atoms with van der Waals surface area (Å²) in [5, 5.41) is 0. The number of aryl methyl sites for hydroxylation is 1. The molecule has 0 aliphatic rings. The molecule has 1 heterocycles. The lowest BCUT2D eigenvalue weighted by Gasteiger charge is -2.10. The quantitative estimate of drug-likeness (QED) is 0.834. The summed E-state index contributed by atoms with van der Waals surface area (Å²) in [6.45, 7) is 4.14. The van der Waals surface area contributed by atoms with Crippen molar-refractivity contribution in [2.75, 3.05) is 5.73 Å².